The molecule has 1 atom stereocenters. The van der Waals surface area contributed by atoms with Crippen LogP contribution in [0, 0.1) is 5.92 Å². The molecule has 0 spiro atoms. The van der Waals surface area contributed by atoms with Crippen molar-refractivity contribution in [1.82, 2.24) is 10.3 Å². The van der Waals surface area contributed by atoms with Gasteiger partial charge < -0.3 is 15.0 Å². The summed E-state index contributed by atoms with van der Waals surface area (Å²) in [5.41, 5.74) is 0. The molecule has 5 nitrogen and oxygen atoms in total. The van der Waals surface area contributed by atoms with E-state index in [0.29, 0.717) is 18.2 Å². The maximum Gasteiger partial charge on any atom is 0.260 e. The summed E-state index contributed by atoms with van der Waals surface area (Å²) in [6, 6.07) is 15.4. The molecule has 5 heteroatoms. The van der Waals surface area contributed by atoms with Gasteiger partial charge in [-0.1, -0.05) is 24.3 Å². The molecule has 0 saturated carbocycles. The number of pyridine rings is 1. The first kappa shape index (κ1) is 17.3. The number of anilines is 1. The minimum Gasteiger partial charge on any atom is -0.481 e. The molecule has 1 aromatic carbocycles. The first-order valence-corrected chi connectivity index (χ1v) is 8.88. The molecule has 1 fully saturated rings. The largest absolute Gasteiger partial charge is 0.481 e. The number of nitrogens with one attached hydrogen (secondary N) is 1. The first-order valence-electron chi connectivity index (χ1n) is 8.88. The zero-order valence-corrected chi connectivity index (χ0v) is 14.6. The van der Waals surface area contributed by atoms with Crippen LogP contribution in [0.4, 0.5) is 5.82 Å². The Kier molecular flexibility index (Phi) is 5.88. The highest BCUT2D eigenvalue weighted by Crippen LogP contribution is 2.21. The monoisotopic (exact) mass is 339 g/mol. The number of para-hydroxylation sites is 1. The highest BCUT2D eigenvalue weighted by atomic mass is 16.5. The number of nitrogens with zero attached hydrogens (tertiary/aromatic N) is 2. The normalized spacial score (nSPS) is 16.3. The average Bonchev–Trinajstić information content (AvgIpc) is 2.68. The number of rotatable bonds is 6. The summed E-state index contributed by atoms with van der Waals surface area (Å²) in [5, 5.41) is 3.03. The number of hydrogen-bond acceptors (Lipinski definition) is 4. The van der Waals surface area contributed by atoms with E-state index in [1.807, 2.05) is 54.7 Å². The molecule has 2 aromatic rings. The number of benzene rings is 1. The number of carbonyl (C=O) groups is 1. The highest BCUT2D eigenvalue weighted by molar-refractivity contribution is 5.80. The maximum absolute atomic E-state index is 12.2. The van der Waals surface area contributed by atoms with Crippen LogP contribution in [0.5, 0.6) is 5.75 Å². The van der Waals surface area contributed by atoms with Gasteiger partial charge in [-0.05, 0) is 49.9 Å². The van der Waals surface area contributed by atoms with Crippen molar-refractivity contribution in [2.24, 2.45) is 5.92 Å². The van der Waals surface area contributed by atoms with E-state index in [1.165, 1.54) is 0 Å². The molecule has 1 aromatic heterocycles. The van der Waals surface area contributed by atoms with Gasteiger partial charge >= 0.3 is 0 Å². The lowest BCUT2D eigenvalue weighted by Gasteiger charge is -2.33. The van der Waals surface area contributed by atoms with Crippen molar-refractivity contribution >= 4 is 11.7 Å². The average molecular weight is 339 g/mol. The molecule has 1 aliphatic rings. The number of hydrogen-bond donors (Lipinski definition) is 1. The third-order valence-electron chi connectivity index (χ3n) is 4.58. The summed E-state index contributed by atoms with van der Waals surface area (Å²) < 4.78 is 5.66. The van der Waals surface area contributed by atoms with Gasteiger partial charge in [-0.2, -0.15) is 0 Å². The predicted molar refractivity (Wildman–Crippen MR) is 98.7 cm³/mol. The summed E-state index contributed by atoms with van der Waals surface area (Å²) in [6.07, 6.45) is 3.46. The molecule has 1 N–H and O–H groups in total. The van der Waals surface area contributed by atoms with E-state index in [9.17, 15) is 4.79 Å². The maximum atomic E-state index is 12.2. The topological polar surface area (TPSA) is 54.5 Å². The molecule has 0 unspecified atom stereocenters. The van der Waals surface area contributed by atoms with Crippen LogP contribution >= 0.6 is 0 Å². The van der Waals surface area contributed by atoms with Crippen molar-refractivity contribution in [3.63, 3.8) is 0 Å². The molecular weight excluding hydrogens is 314 g/mol. The van der Waals surface area contributed by atoms with E-state index in [0.717, 1.165) is 31.7 Å². The molecule has 1 amide bonds. The van der Waals surface area contributed by atoms with E-state index >= 15 is 0 Å². The van der Waals surface area contributed by atoms with Crippen LogP contribution in [0.2, 0.25) is 0 Å². The fourth-order valence-electron chi connectivity index (χ4n) is 3.05. The van der Waals surface area contributed by atoms with Crippen molar-refractivity contribution in [1.29, 1.82) is 0 Å². The standard InChI is InChI=1S/C20H25N3O2/c1-16(25-18-7-3-2-4-8-18)20(24)22-15-17-10-13-23(14-11-17)19-9-5-6-12-21-19/h2-9,12,16-17H,10-11,13-15H2,1H3,(H,22,24)/t16-/m0/s1. The Bertz CT molecular complexity index is 655. The first-order chi connectivity index (χ1) is 12.2. The van der Waals surface area contributed by atoms with Crippen molar-refractivity contribution < 1.29 is 9.53 Å². The number of carbonyl (C=O) groups excluding carboxylic acids is 1. The molecule has 1 saturated heterocycles. The number of ether oxygens (including phenoxy) is 1. The van der Waals surface area contributed by atoms with E-state index in [-0.39, 0.29) is 5.91 Å². The Hall–Kier alpha value is -2.56. The second-order valence-electron chi connectivity index (χ2n) is 6.44. The lowest BCUT2D eigenvalue weighted by Crippen LogP contribution is -2.42. The summed E-state index contributed by atoms with van der Waals surface area (Å²) in [6.45, 7) is 4.45. The van der Waals surface area contributed by atoms with Gasteiger partial charge in [-0.15, -0.1) is 0 Å². The number of aromatic nitrogens is 1. The van der Waals surface area contributed by atoms with Crippen molar-refractivity contribution in [3.8, 4) is 5.75 Å². The number of amides is 1. The molecule has 0 radical (unpaired) electrons. The predicted octanol–water partition coefficient (Wildman–Crippen LogP) is 2.88. The smallest absolute Gasteiger partial charge is 0.260 e. The zero-order chi connectivity index (χ0) is 17.5. The van der Waals surface area contributed by atoms with Crippen LogP contribution in [0.15, 0.2) is 54.7 Å². The van der Waals surface area contributed by atoms with Gasteiger partial charge in [0, 0.05) is 25.8 Å². The van der Waals surface area contributed by atoms with Crippen molar-refractivity contribution in [3.05, 3.63) is 54.7 Å². The van der Waals surface area contributed by atoms with Gasteiger partial charge in [-0.3, -0.25) is 4.79 Å². The third kappa shape index (κ3) is 4.95. The van der Waals surface area contributed by atoms with E-state index in [4.69, 9.17) is 4.74 Å². The molecule has 0 bridgehead atoms. The Morgan fingerprint density at radius 2 is 1.92 bits per heavy atom. The summed E-state index contributed by atoms with van der Waals surface area (Å²) in [5.74, 6) is 2.20. The van der Waals surface area contributed by atoms with Crippen LogP contribution in [0.1, 0.15) is 19.8 Å². The Morgan fingerprint density at radius 1 is 1.20 bits per heavy atom. The zero-order valence-electron chi connectivity index (χ0n) is 14.6. The lowest BCUT2D eigenvalue weighted by molar-refractivity contribution is -0.127. The third-order valence-corrected chi connectivity index (χ3v) is 4.58. The number of piperidine rings is 1. The van der Waals surface area contributed by atoms with Gasteiger partial charge in [0.25, 0.3) is 5.91 Å². The summed E-state index contributed by atoms with van der Waals surface area (Å²) in [7, 11) is 0. The van der Waals surface area contributed by atoms with Crippen molar-refractivity contribution in [2.45, 2.75) is 25.9 Å². The molecule has 1 aliphatic heterocycles. The molecule has 132 valence electrons. The quantitative estimate of drug-likeness (QED) is 0.879. The van der Waals surface area contributed by atoms with Gasteiger partial charge in [0.2, 0.25) is 0 Å². The van der Waals surface area contributed by atoms with Crippen molar-refractivity contribution in [2.75, 3.05) is 24.5 Å². The van der Waals surface area contributed by atoms with Gasteiger partial charge in [0.1, 0.15) is 11.6 Å². The highest BCUT2D eigenvalue weighted by Gasteiger charge is 2.22. The molecule has 0 aliphatic carbocycles. The van der Waals surface area contributed by atoms with Gasteiger partial charge in [0.15, 0.2) is 6.10 Å². The Morgan fingerprint density at radius 3 is 2.60 bits per heavy atom. The molecule has 25 heavy (non-hydrogen) atoms. The second kappa shape index (κ2) is 8.51. The van der Waals surface area contributed by atoms with Gasteiger partial charge in [-0.25, -0.2) is 4.98 Å². The van der Waals surface area contributed by atoms with Crippen LogP contribution in [-0.4, -0.2) is 36.6 Å². The minimum atomic E-state index is -0.490. The SMILES string of the molecule is C[C@H](Oc1ccccc1)C(=O)NCC1CCN(c2ccccn2)CC1. The van der Waals surface area contributed by atoms with Crippen LogP contribution in [0.3, 0.4) is 0 Å². The molecular formula is C20H25N3O2. The minimum absolute atomic E-state index is 0.0593. The van der Waals surface area contributed by atoms with Gasteiger partial charge in [0.05, 0.1) is 0 Å². The van der Waals surface area contributed by atoms with Crippen LogP contribution in [-0.2, 0) is 4.79 Å². The fourth-order valence-corrected chi connectivity index (χ4v) is 3.05. The fraction of sp³-hybridized carbons (Fsp3) is 0.400. The van der Waals surface area contributed by atoms with E-state index in [1.54, 1.807) is 6.92 Å². The van der Waals surface area contributed by atoms with Crippen LogP contribution in [0.25, 0.3) is 0 Å². The Labute approximate surface area is 149 Å². The molecule has 3 rings (SSSR count). The van der Waals surface area contributed by atoms with Crippen LogP contribution < -0.4 is 15.0 Å². The Balaban J connectivity index is 1.40. The lowest BCUT2D eigenvalue weighted by atomic mass is 9.96. The van der Waals surface area contributed by atoms with E-state index < -0.39 is 6.10 Å². The second-order valence-corrected chi connectivity index (χ2v) is 6.44. The van der Waals surface area contributed by atoms with E-state index in [2.05, 4.69) is 15.2 Å². The summed E-state index contributed by atoms with van der Waals surface area (Å²) in [4.78, 5) is 18.9. The molecule has 2 heterocycles. The summed E-state index contributed by atoms with van der Waals surface area (Å²) >= 11 is 0.